The summed E-state index contributed by atoms with van der Waals surface area (Å²) in [6.45, 7) is 7.08. The van der Waals surface area contributed by atoms with Crippen LogP contribution >= 0.6 is 15.9 Å². The SMILES string of the molecule is CCn1nc(C)c(Br)c1CC(NC)c1cccnc1C. The molecule has 0 radical (unpaired) electrons. The molecule has 2 rings (SSSR count). The molecule has 0 aromatic carbocycles. The van der Waals surface area contributed by atoms with Crippen molar-refractivity contribution in [2.24, 2.45) is 0 Å². The number of aromatic nitrogens is 3. The van der Waals surface area contributed by atoms with Gasteiger partial charge in [0.25, 0.3) is 0 Å². The Balaban J connectivity index is 2.34. The van der Waals surface area contributed by atoms with Crippen LogP contribution in [0.3, 0.4) is 0 Å². The monoisotopic (exact) mass is 336 g/mol. The van der Waals surface area contributed by atoms with Gasteiger partial charge in [-0.2, -0.15) is 5.10 Å². The Morgan fingerprint density at radius 3 is 2.70 bits per heavy atom. The number of nitrogens with zero attached hydrogens (tertiary/aromatic N) is 3. The molecule has 4 nitrogen and oxygen atoms in total. The maximum atomic E-state index is 4.56. The van der Waals surface area contributed by atoms with Gasteiger partial charge in [0.1, 0.15) is 0 Å². The Labute approximate surface area is 128 Å². The molecule has 0 aliphatic carbocycles. The number of pyridine rings is 1. The standard InChI is InChI=1S/C15H21BrN4/c1-5-20-14(15(16)11(3)19-20)9-13(17-4)12-7-6-8-18-10(12)2/h6-8,13,17H,5,9H2,1-4H3. The number of halogens is 1. The van der Waals surface area contributed by atoms with Gasteiger partial charge in [0.2, 0.25) is 0 Å². The highest BCUT2D eigenvalue weighted by atomic mass is 79.9. The van der Waals surface area contributed by atoms with Gasteiger partial charge in [0.15, 0.2) is 0 Å². The smallest absolute Gasteiger partial charge is 0.0738 e. The van der Waals surface area contributed by atoms with Crippen LogP contribution in [0.5, 0.6) is 0 Å². The van der Waals surface area contributed by atoms with Crippen LogP contribution in [-0.2, 0) is 13.0 Å². The molecule has 0 amide bonds. The molecule has 2 heterocycles. The van der Waals surface area contributed by atoms with Crippen molar-refractivity contribution in [3.63, 3.8) is 0 Å². The minimum absolute atomic E-state index is 0.237. The number of likely N-dealkylation sites (N-methyl/N-ethyl adjacent to an activating group) is 1. The Kier molecular flexibility index (Phi) is 4.94. The predicted molar refractivity (Wildman–Crippen MR) is 84.8 cm³/mol. The topological polar surface area (TPSA) is 42.7 Å². The van der Waals surface area contributed by atoms with Crippen LogP contribution in [-0.4, -0.2) is 21.8 Å². The largest absolute Gasteiger partial charge is 0.313 e. The second-order valence-electron chi connectivity index (χ2n) is 4.89. The van der Waals surface area contributed by atoms with Crippen molar-refractivity contribution in [3.05, 3.63) is 45.4 Å². The quantitative estimate of drug-likeness (QED) is 0.911. The average molecular weight is 337 g/mol. The minimum Gasteiger partial charge on any atom is -0.313 e. The van der Waals surface area contributed by atoms with Gasteiger partial charge in [-0.25, -0.2) is 0 Å². The molecular weight excluding hydrogens is 316 g/mol. The minimum atomic E-state index is 0.237. The number of nitrogens with one attached hydrogen (secondary N) is 1. The highest BCUT2D eigenvalue weighted by Crippen LogP contribution is 2.27. The van der Waals surface area contributed by atoms with Crippen molar-refractivity contribution in [3.8, 4) is 0 Å². The highest BCUT2D eigenvalue weighted by Gasteiger charge is 2.19. The lowest BCUT2D eigenvalue weighted by Gasteiger charge is -2.19. The fourth-order valence-electron chi connectivity index (χ4n) is 2.49. The first kappa shape index (κ1) is 15.2. The van der Waals surface area contributed by atoms with E-state index in [1.165, 1.54) is 11.3 Å². The molecule has 1 N–H and O–H groups in total. The number of hydrogen-bond acceptors (Lipinski definition) is 3. The molecule has 0 spiro atoms. The zero-order valence-electron chi connectivity index (χ0n) is 12.4. The van der Waals surface area contributed by atoms with Crippen LogP contribution < -0.4 is 5.32 Å². The molecule has 0 aliphatic heterocycles. The van der Waals surface area contributed by atoms with Crippen molar-refractivity contribution in [2.75, 3.05) is 7.05 Å². The Morgan fingerprint density at radius 2 is 2.10 bits per heavy atom. The summed E-state index contributed by atoms with van der Waals surface area (Å²) < 4.78 is 3.18. The number of rotatable bonds is 5. The summed E-state index contributed by atoms with van der Waals surface area (Å²) in [4.78, 5) is 4.39. The second kappa shape index (κ2) is 6.50. The number of aryl methyl sites for hydroxylation is 3. The molecule has 0 fully saturated rings. The molecule has 20 heavy (non-hydrogen) atoms. The molecule has 0 saturated heterocycles. The summed E-state index contributed by atoms with van der Waals surface area (Å²) in [5.41, 5.74) is 4.58. The lowest BCUT2D eigenvalue weighted by molar-refractivity contribution is 0.536. The van der Waals surface area contributed by atoms with Crippen molar-refractivity contribution in [1.82, 2.24) is 20.1 Å². The molecule has 1 atom stereocenters. The van der Waals surface area contributed by atoms with E-state index in [2.05, 4.69) is 55.9 Å². The van der Waals surface area contributed by atoms with Gasteiger partial charge in [0, 0.05) is 30.9 Å². The van der Waals surface area contributed by atoms with Crippen molar-refractivity contribution >= 4 is 15.9 Å². The van der Waals surface area contributed by atoms with Crippen molar-refractivity contribution in [2.45, 2.75) is 39.8 Å². The Morgan fingerprint density at radius 1 is 1.35 bits per heavy atom. The van der Waals surface area contributed by atoms with Gasteiger partial charge in [-0.1, -0.05) is 6.07 Å². The zero-order chi connectivity index (χ0) is 14.7. The third-order valence-corrected chi connectivity index (χ3v) is 4.65. The van der Waals surface area contributed by atoms with E-state index in [0.717, 1.165) is 28.8 Å². The molecule has 2 aromatic heterocycles. The van der Waals surface area contributed by atoms with Crippen molar-refractivity contribution in [1.29, 1.82) is 0 Å². The third kappa shape index (κ3) is 2.94. The molecular formula is C15H21BrN4. The van der Waals surface area contributed by atoms with Gasteiger partial charge in [-0.3, -0.25) is 9.67 Å². The van der Waals surface area contributed by atoms with E-state index in [9.17, 15) is 0 Å². The Bertz CT molecular complexity index is 592. The summed E-state index contributed by atoms with van der Waals surface area (Å²) >= 11 is 3.66. The first-order valence-corrected chi connectivity index (χ1v) is 7.68. The molecule has 2 aromatic rings. The zero-order valence-corrected chi connectivity index (χ0v) is 14.0. The summed E-state index contributed by atoms with van der Waals surface area (Å²) in [5.74, 6) is 0. The van der Waals surface area contributed by atoms with Gasteiger partial charge in [0.05, 0.1) is 15.9 Å². The van der Waals surface area contributed by atoms with E-state index in [1.54, 1.807) is 0 Å². The van der Waals surface area contributed by atoms with Crippen LogP contribution in [0.2, 0.25) is 0 Å². The van der Waals surface area contributed by atoms with E-state index in [-0.39, 0.29) is 6.04 Å². The lowest BCUT2D eigenvalue weighted by Crippen LogP contribution is -2.22. The maximum absolute atomic E-state index is 4.56. The maximum Gasteiger partial charge on any atom is 0.0738 e. The second-order valence-corrected chi connectivity index (χ2v) is 5.68. The summed E-state index contributed by atoms with van der Waals surface area (Å²) in [7, 11) is 1.99. The van der Waals surface area contributed by atoms with E-state index in [0.29, 0.717) is 0 Å². The molecule has 0 bridgehead atoms. The van der Waals surface area contributed by atoms with Crippen LogP contribution in [0.25, 0.3) is 0 Å². The lowest BCUT2D eigenvalue weighted by atomic mass is 10.0. The van der Waals surface area contributed by atoms with E-state index < -0.39 is 0 Å². The number of hydrogen-bond donors (Lipinski definition) is 1. The average Bonchev–Trinajstić information content (AvgIpc) is 2.73. The normalized spacial score (nSPS) is 12.7. The van der Waals surface area contributed by atoms with E-state index in [1.807, 2.05) is 26.2 Å². The molecule has 1 unspecified atom stereocenters. The summed E-state index contributed by atoms with van der Waals surface area (Å²) in [6.07, 6.45) is 2.72. The Hall–Kier alpha value is -1.20. The van der Waals surface area contributed by atoms with E-state index >= 15 is 0 Å². The predicted octanol–water partition coefficient (Wildman–Crippen LogP) is 3.18. The van der Waals surface area contributed by atoms with Crippen LogP contribution in [0.1, 0.15) is 35.6 Å². The molecule has 0 saturated carbocycles. The molecule has 5 heteroatoms. The fraction of sp³-hybridized carbons (Fsp3) is 0.467. The van der Waals surface area contributed by atoms with Gasteiger partial charge in [-0.15, -0.1) is 0 Å². The van der Waals surface area contributed by atoms with Crippen LogP contribution in [0.15, 0.2) is 22.8 Å². The first-order valence-electron chi connectivity index (χ1n) is 6.89. The van der Waals surface area contributed by atoms with Gasteiger partial charge in [-0.05, 0) is 55.4 Å². The van der Waals surface area contributed by atoms with Crippen molar-refractivity contribution < 1.29 is 0 Å². The highest BCUT2D eigenvalue weighted by molar-refractivity contribution is 9.10. The van der Waals surface area contributed by atoms with Crippen LogP contribution in [0.4, 0.5) is 0 Å². The van der Waals surface area contributed by atoms with Gasteiger partial charge >= 0.3 is 0 Å². The first-order chi connectivity index (χ1) is 9.58. The van der Waals surface area contributed by atoms with Gasteiger partial charge < -0.3 is 5.32 Å². The molecule has 0 aliphatic rings. The summed E-state index contributed by atoms with van der Waals surface area (Å²) in [5, 5.41) is 7.95. The third-order valence-electron chi connectivity index (χ3n) is 3.62. The van der Waals surface area contributed by atoms with Crippen LogP contribution in [0, 0.1) is 13.8 Å². The van der Waals surface area contributed by atoms with E-state index in [4.69, 9.17) is 0 Å². The summed E-state index contributed by atoms with van der Waals surface area (Å²) in [6, 6.07) is 4.36. The fourth-order valence-corrected chi connectivity index (χ4v) is 2.94. The molecule has 108 valence electrons.